The van der Waals surface area contributed by atoms with Crippen LogP contribution >= 0.6 is 11.6 Å². The third-order valence-electron chi connectivity index (χ3n) is 4.60. The molecule has 1 amide bonds. The summed E-state index contributed by atoms with van der Waals surface area (Å²) < 4.78 is 0. The maximum atomic E-state index is 12.6. The second kappa shape index (κ2) is 4.80. The van der Waals surface area contributed by atoms with Gasteiger partial charge in [-0.05, 0) is 49.4 Å². The largest absolute Gasteiger partial charge is 0.335 e. The Hall–Kier alpha value is -1.06. The van der Waals surface area contributed by atoms with Crippen molar-refractivity contribution in [3.05, 3.63) is 34.3 Å². The molecule has 0 aromatic heterocycles. The van der Waals surface area contributed by atoms with E-state index in [4.69, 9.17) is 11.6 Å². The zero-order chi connectivity index (χ0) is 13.6. The SMILES string of the molecule is Cc1cc(C(=O)N2CC3CNCC3C2C)ccc1Cl. The second-order valence-corrected chi connectivity index (χ2v) is 6.15. The molecule has 1 aromatic rings. The number of likely N-dealkylation sites (tertiary alicyclic amines) is 1. The lowest BCUT2D eigenvalue weighted by molar-refractivity contribution is 0.0728. The highest BCUT2D eigenvalue weighted by atomic mass is 35.5. The molecule has 3 atom stereocenters. The third-order valence-corrected chi connectivity index (χ3v) is 5.02. The van der Waals surface area contributed by atoms with E-state index >= 15 is 0 Å². The molecule has 4 heteroatoms. The molecule has 0 aliphatic carbocycles. The molecule has 2 fully saturated rings. The van der Waals surface area contributed by atoms with Gasteiger partial charge in [-0.2, -0.15) is 0 Å². The summed E-state index contributed by atoms with van der Waals surface area (Å²) in [5, 5.41) is 4.13. The number of hydrogen-bond acceptors (Lipinski definition) is 2. The summed E-state index contributed by atoms with van der Waals surface area (Å²) >= 11 is 6.02. The maximum Gasteiger partial charge on any atom is 0.254 e. The standard InChI is InChI=1S/C15H19ClN2O/c1-9-5-11(3-4-14(9)16)15(19)18-8-12-6-17-7-13(12)10(18)2/h3-5,10,12-13,17H,6-8H2,1-2H3. The van der Waals surface area contributed by atoms with Gasteiger partial charge >= 0.3 is 0 Å². The zero-order valence-electron chi connectivity index (χ0n) is 11.3. The zero-order valence-corrected chi connectivity index (χ0v) is 12.1. The van der Waals surface area contributed by atoms with Crippen LogP contribution in [0.25, 0.3) is 0 Å². The first-order valence-corrected chi connectivity index (χ1v) is 7.23. The number of carbonyl (C=O) groups is 1. The van der Waals surface area contributed by atoms with Gasteiger partial charge in [-0.15, -0.1) is 0 Å². The highest BCUT2D eigenvalue weighted by Crippen LogP contribution is 2.33. The average Bonchev–Trinajstić information content (AvgIpc) is 2.95. The van der Waals surface area contributed by atoms with E-state index in [0.29, 0.717) is 22.9 Å². The quantitative estimate of drug-likeness (QED) is 0.855. The molecule has 102 valence electrons. The Bertz CT molecular complexity index is 517. The predicted octanol–water partition coefficient (Wildman–Crippen LogP) is 2.33. The van der Waals surface area contributed by atoms with Gasteiger partial charge in [0.05, 0.1) is 0 Å². The topological polar surface area (TPSA) is 32.3 Å². The number of amides is 1. The lowest BCUT2D eigenvalue weighted by Gasteiger charge is -2.24. The number of rotatable bonds is 1. The molecular formula is C15H19ClN2O. The first-order chi connectivity index (χ1) is 9.08. The Morgan fingerprint density at radius 3 is 2.89 bits per heavy atom. The van der Waals surface area contributed by atoms with Crippen molar-refractivity contribution in [1.29, 1.82) is 0 Å². The highest BCUT2D eigenvalue weighted by Gasteiger charge is 2.43. The molecule has 2 aliphatic heterocycles. The van der Waals surface area contributed by atoms with Crippen LogP contribution < -0.4 is 5.32 Å². The summed E-state index contributed by atoms with van der Waals surface area (Å²) in [6.07, 6.45) is 0. The lowest BCUT2D eigenvalue weighted by Crippen LogP contribution is -2.38. The van der Waals surface area contributed by atoms with Gasteiger partial charge in [-0.1, -0.05) is 11.6 Å². The molecular weight excluding hydrogens is 260 g/mol. The van der Waals surface area contributed by atoms with Crippen LogP contribution in [-0.4, -0.2) is 36.5 Å². The van der Waals surface area contributed by atoms with Gasteiger partial charge in [-0.25, -0.2) is 0 Å². The minimum atomic E-state index is 0.140. The number of nitrogens with zero attached hydrogens (tertiary/aromatic N) is 1. The molecule has 0 bridgehead atoms. The Labute approximate surface area is 118 Å². The number of carbonyl (C=O) groups excluding carboxylic acids is 1. The van der Waals surface area contributed by atoms with Gasteiger partial charge < -0.3 is 10.2 Å². The molecule has 0 radical (unpaired) electrons. The Balaban J connectivity index is 1.82. The summed E-state index contributed by atoms with van der Waals surface area (Å²) in [5.74, 6) is 1.37. The lowest BCUT2D eigenvalue weighted by atomic mass is 9.95. The first-order valence-electron chi connectivity index (χ1n) is 6.86. The van der Waals surface area contributed by atoms with E-state index < -0.39 is 0 Å². The minimum Gasteiger partial charge on any atom is -0.335 e. The summed E-state index contributed by atoms with van der Waals surface area (Å²) in [7, 11) is 0. The van der Waals surface area contributed by atoms with Crippen LogP contribution in [0.2, 0.25) is 5.02 Å². The van der Waals surface area contributed by atoms with Crippen molar-refractivity contribution in [3.63, 3.8) is 0 Å². The van der Waals surface area contributed by atoms with Gasteiger partial charge in [0.2, 0.25) is 0 Å². The molecule has 2 aliphatic rings. The number of nitrogens with one attached hydrogen (secondary N) is 1. The van der Waals surface area contributed by atoms with Crippen LogP contribution in [0.1, 0.15) is 22.8 Å². The van der Waals surface area contributed by atoms with Gasteiger partial charge in [0.25, 0.3) is 5.91 Å². The molecule has 1 N–H and O–H groups in total. The number of aryl methyl sites for hydroxylation is 1. The molecule has 3 rings (SSSR count). The monoisotopic (exact) mass is 278 g/mol. The molecule has 19 heavy (non-hydrogen) atoms. The van der Waals surface area contributed by atoms with Crippen molar-refractivity contribution in [2.45, 2.75) is 19.9 Å². The fourth-order valence-electron chi connectivity index (χ4n) is 3.38. The Morgan fingerprint density at radius 2 is 2.21 bits per heavy atom. The van der Waals surface area contributed by atoms with Crippen molar-refractivity contribution in [2.75, 3.05) is 19.6 Å². The normalized spacial score (nSPS) is 29.6. The fraction of sp³-hybridized carbons (Fsp3) is 0.533. The fourth-order valence-corrected chi connectivity index (χ4v) is 3.50. The van der Waals surface area contributed by atoms with Crippen molar-refractivity contribution >= 4 is 17.5 Å². The smallest absolute Gasteiger partial charge is 0.254 e. The molecule has 1 aromatic carbocycles. The van der Waals surface area contributed by atoms with E-state index in [2.05, 4.69) is 12.2 Å². The first kappa shape index (κ1) is 12.9. The van der Waals surface area contributed by atoms with E-state index in [-0.39, 0.29) is 5.91 Å². The molecule has 2 heterocycles. The van der Waals surface area contributed by atoms with E-state index in [1.807, 2.05) is 30.0 Å². The van der Waals surface area contributed by atoms with E-state index in [9.17, 15) is 4.79 Å². The molecule has 2 saturated heterocycles. The maximum absolute atomic E-state index is 12.6. The molecule has 3 unspecified atom stereocenters. The van der Waals surface area contributed by atoms with Crippen LogP contribution in [0.3, 0.4) is 0 Å². The summed E-state index contributed by atoms with van der Waals surface area (Å²) in [5.41, 5.74) is 1.71. The number of fused-ring (bicyclic) bond motifs is 1. The van der Waals surface area contributed by atoms with Crippen LogP contribution in [-0.2, 0) is 0 Å². The summed E-state index contributed by atoms with van der Waals surface area (Å²) in [6, 6.07) is 5.86. The number of benzene rings is 1. The van der Waals surface area contributed by atoms with E-state index in [1.54, 1.807) is 0 Å². The van der Waals surface area contributed by atoms with Crippen molar-refractivity contribution in [1.82, 2.24) is 10.2 Å². The molecule has 3 nitrogen and oxygen atoms in total. The van der Waals surface area contributed by atoms with Gasteiger partial charge in [0.15, 0.2) is 0 Å². The van der Waals surface area contributed by atoms with Crippen molar-refractivity contribution < 1.29 is 4.79 Å². The summed E-state index contributed by atoms with van der Waals surface area (Å²) in [4.78, 5) is 14.6. The highest BCUT2D eigenvalue weighted by molar-refractivity contribution is 6.31. The van der Waals surface area contributed by atoms with Crippen molar-refractivity contribution in [2.24, 2.45) is 11.8 Å². The van der Waals surface area contributed by atoms with E-state index in [1.165, 1.54) is 0 Å². The molecule has 0 saturated carbocycles. The Morgan fingerprint density at radius 1 is 1.42 bits per heavy atom. The van der Waals surface area contributed by atoms with Crippen LogP contribution in [0, 0.1) is 18.8 Å². The third kappa shape index (κ3) is 2.15. The van der Waals surface area contributed by atoms with Crippen molar-refractivity contribution in [3.8, 4) is 0 Å². The second-order valence-electron chi connectivity index (χ2n) is 5.74. The average molecular weight is 279 g/mol. The Kier molecular flexibility index (Phi) is 3.27. The van der Waals surface area contributed by atoms with Crippen LogP contribution in [0.5, 0.6) is 0 Å². The van der Waals surface area contributed by atoms with Gasteiger partial charge in [0.1, 0.15) is 0 Å². The minimum absolute atomic E-state index is 0.140. The van der Waals surface area contributed by atoms with E-state index in [0.717, 1.165) is 30.8 Å². The van der Waals surface area contributed by atoms with Gasteiger partial charge in [-0.3, -0.25) is 4.79 Å². The number of hydrogen-bond donors (Lipinski definition) is 1. The predicted molar refractivity (Wildman–Crippen MR) is 76.5 cm³/mol. The van der Waals surface area contributed by atoms with Crippen LogP contribution in [0.15, 0.2) is 18.2 Å². The number of halogens is 1. The van der Waals surface area contributed by atoms with Gasteiger partial charge in [0, 0.05) is 36.3 Å². The molecule has 0 spiro atoms. The summed E-state index contributed by atoms with van der Waals surface area (Å²) in [6.45, 7) is 7.05. The van der Waals surface area contributed by atoms with Crippen LogP contribution in [0.4, 0.5) is 0 Å².